The minimum atomic E-state index is -4.45. The number of carboxylic acid groups (broad SMARTS) is 1. The van der Waals surface area contributed by atoms with Crippen molar-refractivity contribution < 1.29 is 78.1 Å². The summed E-state index contributed by atoms with van der Waals surface area (Å²) in [4.78, 5) is 74.4. The molecule has 3 aliphatic carbocycles. The first kappa shape index (κ1) is 94.5. The number of benzene rings is 3. The maximum absolute atomic E-state index is 13.1. The maximum Gasteiger partial charge on any atom is 0.416 e. The van der Waals surface area contributed by atoms with Crippen LogP contribution in [0.3, 0.4) is 0 Å². The van der Waals surface area contributed by atoms with E-state index in [4.69, 9.17) is 44.2 Å². The third kappa shape index (κ3) is 21.2. The number of anilines is 3. The third-order valence-electron chi connectivity index (χ3n) is 21.7. The molecule has 6 aromatic heterocycles. The molecule has 0 unspecified atom stereocenters. The van der Waals surface area contributed by atoms with E-state index in [9.17, 15) is 68.3 Å². The lowest BCUT2D eigenvalue weighted by Crippen LogP contribution is -2.43. The fourth-order valence-electron chi connectivity index (χ4n) is 16.2. The van der Waals surface area contributed by atoms with Gasteiger partial charge in [-0.05, 0) is 192 Å². The van der Waals surface area contributed by atoms with Crippen LogP contribution in [0, 0.1) is 39.9 Å². The molecule has 3 aliphatic heterocycles. The minimum Gasteiger partial charge on any atom is -0.472 e. The summed E-state index contributed by atoms with van der Waals surface area (Å²) in [6, 6.07) is 19.9. The molecule has 6 aliphatic rings. The number of nitrogens with two attached hydrogens (primary N) is 6. The van der Waals surface area contributed by atoms with E-state index in [-0.39, 0.29) is 157 Å². The summed E-state index contributed by atoms with van der Waals surface area (Å²) >= 11 is 0. The molecule has 15 rings (SSSR count). The van der Waals surface area contributed by atoms with E-state index in [1.54, 1.807) is 85.8 Å². The molecule has 9 aromatic rings. The van der Waals surface area contributed by atoms with E-state index in [2.05, 4.69) is 53.7 Å². The highest BCUT2D eigenvalue weighted by Crippen LogP contribution is 2.57. The number of hydrogen-bond acceptors (Lipinski definition) is 17. The number of halogens is 11. The van der Waals surface area contributed by atoms with Crippen LogP contribution in [0.5, 0.6) is 0 Å². The summed E-state index contributed by atoms with van der Waals surface area (Å²) in [7, 11) is 0. The van der Waals surface area contributed by atoms with Gasteiger partial charge in [0, 0.05) is 57.2 Å². The Bertz CT molecular complexity index is 5410. The van der Waals surface area contributed by atoms with Gasteiger partial charge in [-0.25, -0.2) is 23.6 Å². The number of rotatable bonds is 15. The van der Waals surface area contributed by atoms with E-state index < -0.39 is 64.5 Å². The van der Waals surface area contributed by atoms with Crippen molar-refractivity contribution in [3.63, 3.8) is 0 Å². The van der Waals surface area contributed by atoms with Crippen LogP contribution in [-0.2, 0) is 52.5 Å². The molecule has 0 bridgehead atoms. The normalized spacial score (nSPS) is 19.9. The van der Waals surface area contributed by atoms with Gasteiger partial charge in [-0.15, -0.1) is 24.8 Å². The van der Waals surface area contributed by atoms with Crippen molar-refractivity contribution in [2.24, 2.45) is 33.4 Å². The predicted molar refractivity (Wildman–Crippen MR) is 436 cm³/mol. The number of carboxylic acids is 1. The number of aliphatic carboxylic acids is 1. The van der Waals surface area contributed by atoms with Crippen LogP contribution < -0.4 is 39.7 Å². The molecule has 5 amide bonds. The Hall–Kier alpha value is -12.0. The molecule has 14 N–H and O–H groups in total. The lowest BCUT2D eigenvalue weighted by atomic mass is 9.65. The van der Waals surface area contributed by atoms with Crippen molar-refractivity contribution in [2.45, 2.75) is 169 Å². The first-order chi connectivity index (χ1) is 55.1. The molecule has 3 saturated carbocycles. The molecule has 29 nitrogen and oxygen atoms in total. The number of aromatic nitrogens is 12. The summed E-state index contributed by atoms with van der Waals surface area (Å²) in [5, 5.41) is 38.2. The molecular formula is C81H96Cl2F9N21O8. The van der Waals surface area contributed by atoms with Crippen LogP contribution >= 0.6 is 24.8 Å². The lowest BCUT2D eigenvalue weighted by molar-refractivity contribution is -0.138. The predicted octanol–water partition coefficient (Wildman–Crippen LogP) is 12.5. The molecule has 0 radical (unpaired) electrons. The summed E-state index contributed by atoms with van der Waals surface area (Å²) in [5.74, 6) is 6.37. The number of amides is 5. The summed E-state index contributed by atoms with van der Waals surface area (Å²) in [5.41, 5.74) is 36.5. The first-order valence-electron chi connectivity index (χ1n) is 37.3. The summed E-state index contributed by atoms with van der Waals surface area (Å²) in [6.07, 6.45) is -1.25. The number of carbonyl (C=O) groups excluding carboxylic acids is 5. The number of nitrogen functional groups attached to an aromatic ring is 3. The standard InChI is InChI=1S/C27H32F3N7O3.C26H26F3N7O2.C22H24F3N7O.C4H4O2.2CH4.2ClH/c1-25(2,3)40-24(39)35-10-8-26(15-35)12-18(13-26)37-22(31)20(23(32)38)21(34-37)19-7-9-36(33-19)14-16-5-4-6-17(11-16)27(28,29)30;1-2-4-20(37)34-10-8-25(15-34)12-18(13-25)36-23(30)21(24(31)38)22(33-36)19-7-9-35(32-19)14-16-5-3-6-17(11-16)26(27,28)29;23-22(24,25)14-3-1-2-13(8-14)11-31-7-4-16(29-31)18-17(20(27)33)19(26)32(30-18)15-9-21(10-15)5-6-28-12-21;1-2-3-4(5)6;;;;/h4-7,9,11,18H,8,10,12-15,31H2,1-3H3,(H2,32,38);3,5-7,9,11,18H,8,10,12-15,30H2,1H3,(H2,31,38);1-4,7-8,15,28H,5-6,9-12,26H2,(H2,27,33);1H3,(H,5,6);2*1H4;2*1H. The van der Waals surface area contributed by atoms with Gasteiger partial charge in [0.2, 0.25) is 0 Å². The second-order valence-electron chi connectivity index (χ2n) is 31.3. The monoisotopic (exact) mass is 1730 g/mol. The van der Waals surface area contributed by atoms with Crippen LogP contribution in [0.1, 0.15) is 190 Å². The molecule has 650 valence electrons. The molecule has 40 heteroatoms. The third-order valence-corrected chi connectivity index (χ3v) is 21.7. The lowest BCUT2D eigenvalue weighted by Gasteiger charge is -2.45. The Labute approximate surface area is 703 Å². The van der Waals surface area contributed by atoms with Crippen LogP contribution in [0.15, 0.2) is 110 Å². The quantitative estimate of drug-likeness (QED) is 0.0349. The number of nitrogens with one attached hydrogen (secondary N) is 1. The Morgan fingerprint density at radius 3 is 1.12 bits per heavy atom. The second-order valence-corrected chi connectivity index (χ2v) is 31.3. The van der Waals surface area contributed by atoms with Gasteiger partial charge in [0.25, 0.3) is 23.6 Å². The van der Waals surface area contributed by atoms with Gasteiger partial charge in [-0.1, -0.05) is 63.1 Å². The number of primary amides is 3. The number of hydrogen-bond donors (Lipinski definition) is 8. The average Bonchev–Trinajstić information content (AvgIpc) is 1.60. The fourth-order valence-corrected chi connectivity index (χ4v) is 16.2. The van der Waals surface area contributed by atoms with E-state index in [1.165, 1.54) is 39.2 Å². The van der Waals surface area contributed by atoms with E-state index in [0.717, 1.165) is 107 Å². The Balaban J connectivity index is 0.000000215. The summed E-state index contributed by atoms with van der Waals surface area (Å²) < 4.78 is 132. The van der Waals surface area contributed by atoms with Crippen molar-refractivity contribution in [1.82, 2.24) is 73.8 Å². The van der Waals surface area contributed by atoms with E-state index >= 15 is 0 Å². The highest BCUT2D eigenvalue weighted by Gasteiger charge is 2.54. The number of ether oxygens (including phenoxy) is 1. The Morgan fingerprint density at radius 2 is 0.826 bits per heavy atom. The van der Waals surface area contributed by atoms with Crippen molar-refractivity contribution in [3.05, 3.63) is 160 Å². The van der Waals surface area contributed by atoms with Gasteiger partial charge in [-0.3, -0.25) is 33.2 Å². The van der Waals surface area contributed by atoms with Crippen LogP contribution in [-0.4, -0.2) is 154 Å². The number of nitrogens with zero attached hydrogens (tertiary/aromatic N) is 14. The van der Waals surface area contributed by atoms with Crippen molar-refractivity contribution in [1.29, 1.82) is 0 Å². The second kappa shape index (κ2) is 36.9. The number of alkyl halides is 9. The van der Waals surface area contributed by atoms with E-state index in [0.29, 0.717) is 60.0 Å². The summed E-state index contributed by atoms with van der Waals surface area (Å²) in [6.45, 7) is 13.3. The average molecular weight is 1730 g/mol. The molecule has 0 atom stereocenters. The minimum absolute atomic E-state index is 0. The van der Waals surface area contributed by atoms with Gasteiger partial charge < -0.3 is 59.4 Å². The number of carbonyl (C=O) groups is 6. The number of likely N-dealkylation sites (tertiary alicyclic amines) is 2. The zero-order chi connectivity index (χ0) is 84.6. The Kier molecular flexibility index (Phi) is 28.8. The zero-order valence-electron chi connectivity index (χ0n) is 65.1. The van der Waals surface area contributed by atoms with Crippen LogP contribution in [0.25, 0.3) is 34.2 Å². The topological polar surface area (TPSA) is 413 Å². The van der Waals surface area contributed by atoms with Gasteiger partial charge in [0.05, 0.1) is 54.5 Å². The molecule has 121 heavy (non-hydrogen) atoms. The fraction of sp³-hybridized carbons (Fsp3) is 0.432. The maximum atomic E-state index is 13.1. The van der Waals surface area contributed by atoms with Gasteiger partial charge in [0.1, 0.15) is 73.9 Å². The first-order valence-corrected chi connectivity index (χ1v) is 37.3. The van der Waals surface area contributed by atoms with Crippen LogP contribution in [0.2, 0.25) is 0 Å². The molecular weight excluding hydrogens is 1640 g/mol. The SMILES string of the molecule is C.C.CC#CC(=O)N1CCC2(CC(n3nc(-c4ccn(Cc5cccc(C(F)(F)F)c5)n4)c(C(N)=O)c3N)C2)C1.CC#CC(=O)O.CC(C)(C)OC(=O)N1CCC2(CC(n3nc(-c4ccn(Cc5cccc(C(F)(F)F)c5)n4)c(C(N)=O)c3N)C2)C1.Cl.Cl.NC(=O)c1c(-c2ccn(Cc3cccc(C(F)(F)F)c3)n2)nn(C2CC3(CCNC3)C2)c1N. The van der Waals surface area contributed by atoms with Crippen LogP contribution in [0.4, 0.5) is 61.8 Å². The van der Waals surface area contributed by atoms with Gasteiger partial charge in [0.15, 0.2) is 0 Å². The van der Waals surface area contributed by atoms with Crippen molar-refractivity contribution >= 4 is 78.0 Å². The molecule has 6 fully saturated rings. The highest BCUT2D eigenvalue weighted by molar-refractivity contribution is 6.04. The molecule has 3 saturated heterocycles. The largest absolute Gasteiger partial charge is 0.472 e. The van der Waals surface area contributed by atoms with Gasteiger partial charge >= 0.3 is 30.6 Å². The van der Waals surface area contributed by atoms with E-state index in [1.807, 2.05) is 26.7 Å². The highest BCUT2D eigenvalue weighted by atomic mass is 35.5. The zero-order valence-corrected chi connectivity index (χ0v) is 66.7. The Morgan fingerprint density at radius 1 is 0.496 bits per heavy atom. The molecule has 3 spiro atoms. The smallest absolute Gasteiger partial charge is 0.416 e. The van der Waals surface area contributed by atoms with Crippen molar-refractivity contribution in [2.75, 3.05) is 56.5 Å². The van der Waals surface area contributed by atoms with Gasteiger partial charge in [-0.2, -0.15) is 70.1 Å². The molecule has 9 heterocycles. The molecule has 3 aromatic carbocycles. The van der Waals surface area contributed by atoms with Crippen molar-refractivity contribution in [3.8, 4) is 57.8 Å².